The van der Waals surface area contributed by atoms with Crippen LogP contribution >= 0.6 is 39.3 Å². The first-order valence-corrected chi connectivity index (χ1v) is 15.0. The van der Waals surface area contributed by atoms with Crippen molar-refractivity contribution < 1.29 is 14.3 Å². The van der Waals surface area contributed by atoms with E-state index >= 15 is 0 Å². The summed E-state index contributed by atoms with van der Waals surface area (Å²) in [6.07, 6.45) is 0.734. The van der Waals surface area contributed by atoms with Gasteiger partial charge in [-0.05, 0) is 60.4 Å². The molecule has 1 aliphatic heterocycles. The summed E-state index contributed by atoms with van der Waals surface area (Å²) < 4.78 is 14.3. The molecule has 40 heavy (non-hydrogen) atoms. The van der Waals surface area contributed by atoms with Crippen molar-refractivity contribution in [2.75, 3.05) is 11.9 Å². The number of benzene rings is 3. The summed E-state index contributed by atoms with van der Waals surface area (Å²) >= 11 is 11.3. The number of anilines is 1. The van der Waals surface area contributed by atoms with E-state index in [9.17, 15) is 4.79 Å². The molecule has 5 rings (SSSR count). The standard InChI is InChI=1S/C30H28BrClN4O3S/c1-3-15-38-28(37)26-19(2)33-29-34-30(40-18-22-8-4-5-10-25(22)32)35-36(29)27(26)21-11-13-24(14-12-21)39-17-20-7-6-9-23(31)16-20/h4-14,16,27H,3,15,17-18H2,1-2H3,(H,33,34,35). The van der Waals surface area contributed by atoms with Crippen LogP contribution in [-0.2, 0) is 21.9 Å². The third-order valence-electron chi connectivity index (χ3n) is 6.30. The van der Waals surface area contributed by atoms with Gasteiger partial charge in [-0.2, -0.15) is 4.98 Å². The van der Waals surface area contributed by atoms with Crippen molar-refractivity contribution in [1.82, 2.24) is 14.8 Å². The summed E-state index contributed by atoms with van der Waals surface area (Å²) in [7, 11) is 0. The van der Waals surface area contributed by atoms with Gasteiger partial charge in [0.25, 0.3) is 0 Å². The van der Waals surface area contributed by atoms with Gasteiger partial charge in [-0.15, -0.1) is 5.10 Å². The molecule has 1 atom stereocenters. The van der Waals surface area contributed by atoms with Crippen LogP contribution < -0.4 is 10.1 Å². The van der Waals surface area contributed by atoms with Gasteiger partial charge in [0.2, 0.25) is 11.1 Å². The van der Waals surface area contributed by atoms with Crippen molar-refractivity contribution in [2.24, 2.45) is 0 Å². The summed E-state index contributed by atoms with van der Waals surface area (Å²) in [5.74, 6) is 1.53. The molecule has 0 amide bonds. The third-order valence-corrected chi connectivity index (χ3v) is 8.04. The molecule has 0 bridgehead atoms. The SMILES string of the molecule is CCCOC(=O)C1=C(C)Nc2nc(SCc3ccccc3Cl)nn2C1c1ccc(OCc2cccc(Br)c2)cc1. The Morgan fingerprint density at radius 3 is 2.67 bits per heavy atom. The number of thioether (sulfide) groups is 1. The van der Waals surface area contributed by atoms with Crippen molar-refractivity contribution in [2.45, 2.75) is 43.8 Å². The highest BCUT2D eigenvalue weighted by Crippen LogP contribution is 2.38. The number of ether oxygens (including phenoxy) is 2. The van der Waals surface area contributed by atoms with E-state index in [4.69, 9.17) is 31.2 Å². The normalized spacial score (nSPS) is 14.4. The average molecular weight is 640 g/mol. The quantitative estimate of drug-likeness (QED) is 0.140. The Hall–Kier alpha value is -3.27. The third kappa shape index (κ3) is 6.54. The van der Waals surface area contributed by atoms with Crippen LogP contribution in [0.5, 0.6) is 5.75 Å². The fraction of sp³-hybridized carbons (Fsp3) is 0.233. The summed E-state index contributed by atoms with van der Waals surface area (Å²) in [5, 5.41) is 9.33. The zero-order valence-electron chi connectivity index (χ0n) is 22.1. The van der Waals surface area contributed by atoms with Gasteiger partial charge in [-0.3, -0.25) is 0 Å². The lowest BCUT2D eigenvalue weighted by Gasteiger charge is -2.28. The molecule has 4 aromatic rings. The number of esters is 1. The van der Waals surface area contributed by atoms with Crippen LogP contribution in [0.1, 0.15) is 43.0 Å². The maximum atomic E-state index is 13.2. The van der Waals surface area contributed by atoms with Gasteiger partial charge in [-0.25, -0.2) is 9.48 Å². The van der Waals surface area contributed by atoms with Crippen LogP contribution in [0, 0.1) is 0 Å². The van der Waals surface area contributed by atoms with E-state index in [1.54, 1.807) is 4.68 Å². The van der Waals surface area contributed by atoms with Crippen LogP contribution in [0.25, 0.3) is 0 Å². The van der Waals surface area contributed by atoms with Crippen molar-refractivity contribution in [1.29, 1.82) is 0 Å². The topological polar surface area (TPSA) is 78.3 Å². The van der Waals surface area contributed by atoms with Gasteiger partial charge in [-0.1, -0.05) is 88.7 Å². The van der Waals surface area contributed by atoms with E-state index in [1.165, 1.54) is 11.8 Å². The lowest BCUT2D eigenvalue weighted by Crippen LogP contribution is -2.29. The predicted octanol–water partition coefficient (Wildman–Crippen LogP) is 7.81. The molecule has 1 N–H and O–H groups in total. The number of aromatic nitrogens is 3. The number of allylic oxidation sites excluding steroid dienone is 1. The Morgan fingerprint density at radius 1 is 1.12 bits per heavy atom. The smallest absolute Gasteiger partial charge is 0.338 e. The number of fused-ring (bicyclic) bond motifs is 1. The zero-order valence-corrected chi connectivity index (χ0v) is 25.2. The second-order valence-electron chi connectivity index (χ2n) is 9.23. The van der Waals surface area contributed by atoms with E-state index in [2.05, 4.69) is 21.2 Å². The molecule has 1 aromatic heterocycles. The van der Waals surface area contributed by atoms with Gasteiger partial charge >= 0.3 is 5.97 Å². The lowest BCUT2D eigenvalue weighted by molar-refractivity contribution is -0.139. The average Bonchev–Trinajstić information content (AvgIpc) is 3.36. The van der Waals surface area contributed by atoms with Crippen LogP contribution in [0.2, 0.25) is 5.02 Å². The van der Waals surface area contributed by atoms with Gasteiger partial charge < -0.3 is 14.8 Å². The Balaban J connectivity index is 1.41. The zero-order chi connectivity index (χ0) is 28.1. The maximum absolute atomic E-state index is 13.2. The Labute approximate surface area is 251 Å². The van der Waals surface area contributed by atoms with Crippen LogP contribution in [0.3, 0.4) is 0 Å². The molecule has 0 radical (unpaired) electrons. The largest absolute Gasteiger partial charge is 0.489 e. The van der Waals surface area contributed by atoms with Crippen molar-refractivity contribution in [3.8, 4) is 5.75 Å². The molecule has 7 nitrogen and oxygen atoms in total. The highest BCUT2D eigenvalue weighted by Gasteiger charge is 2.35. The molecule has 0 saturated carbocycles. The molecule has 2 heterocycles. The van der Waals surface area contributed by atoms with Crippen LogP contribution in [0.15, 0.2) is 93.7 Å². The second kappa shape index (κ2) is 12.9. The fourth-order valence-corrected chi connectivity index (χ4v) is 5.90. The Kier molecular flexibility index (Phi) is 9.14. The molecule has 0 spiro atoms. The fourth-order valence-electron chi connectivity index (χ4n) is 4.34. The van der Waals surface area contributed by atoms with Crippen molar-refractivity contribution in [3.05, 3.63) is 110 Å². The number of hydrogen-bond acceptors (Lipinski definition) is 7. The van der Waals surface area contributed by atoms with Gasteiger partial charge in [0.15, 0.2) is 0 Å². The number of halogens is 2. The number of nitrogens with zero attached hydrogens (tertiary/aromatic N) is 3. The van der Waals surface area contributed by atoms with E-state index in [0.717, 1.165) is 33.3 Å². The van der Waals surface area contributed by atoms with E-state index in [0.29, 0.717) is 46.4 Å². The highest BCUT2D eigenvalue weighted by molar-refractivity contribution is 9.10. The van der Waals surface area contributed by atoms with E-state index in [1.807, 2.05) is 86.6 Å². The van der Waals surface area contributed by atoms with Gasteiger partial charge in [0.05, 0.1) is 12.2 Å². The minimum absolute atomic E-state index is 0.341. The molecule has 206 valence electrons. The van der Waals surface area contributed by atoms with Gasteiger partial charge in [0, 0.05) is 20.9 Å². The summed E-state index contributed by atoms with van der Waals surface area (Å²) in [4.78, 5) is 18.0. The number of nitrogens with one attached hydrogen (secondary N) is 1. The first kappa shape index (κ1) is 28.3. The summed E-state index contributed by atoms with van der Waals surface area (Å²) in [6, 6.07) is 22.9. The predicted molar refractivity (Wildman–Crippen MR) is 162 cm³/mol. The van der Waals surface area contributed by atoms with Gasteiger partial charge in [0.1, 0.15) is 18.4 Å². The van der Waals surface area contributed by atoms with Crippen molar-refractivity contribution >= 4 is 51.2 Å². The number of carbonyl (C=O) groups is 1. The highest BCUT2D eigenvalue weighted by atomic mass is 79.9. The number of carbonyl (C=O) groups excluding carboxylic acids is 1. The summed E-state index contributed by atoms with van der Waals surface area (Å²) in [5.41, 5.74) is 4.11. The monoisotopic (exact) mass is 638 g/mol. The second-order valence-corrected chi connectivity index (χ2v) is 11.5. The molecule has 1 aliphatic rings. The Morgan fingerprint density at radius 2 is 1.93 bits per heavy atom. The van der Waals surface area contributed by atoms with E-state index < -0.39 is 6.04 Å². The van der Waals surface area contributed by atoms with Crippen LogP contribution in [-0.4, -0.2) is 27.3 Å². The molecule has 0 fully saturated rings. The molecular weight excluding hydrogens is 612 g/mol. The molecule has 0 aliphatic carbocycles. The molecule has 0 saturated heterocycles. The summed E-state index contributed by atoms with van der Waals surface area (Å²) in [6.45, 7) is 4.61. The first-order valence-electron chi connectivity index (χ1n) is 12.9. The molecule has 10 heteroatoms. The number of hydrogen-bond donors (Lipinski definition) is 1. The van der Waals surface area contributed by atoms with Crippen LogP contribution in [0.4, 0.5) is 5.95 Å². The minimum Gasteiger partial charge on any atom is -0.489 e. The Bertz CT molecular complexity index is 1540. The minimum atomic E-state index is -0.512. The maximum Gasteiger partial charge on any atom is 0.338 e. The first-order chi connectivity index (χ1) is 19.4. The molecule has 3 aromatic carbocycles. The molecular formula is C30H28BrClN4O3S. The lowest BCUT2D eigenvalue weighted by atomic mass is 9.96. The van der Waals surface area contributed by atoms with Crippen molar-refractivity contribution in [3.63, 3.8) is 0 Å². The number of rotatable bonds is 10. The molecule has 1 unspecified atom stereocenters. The van der Waals surface area contributed by atoms with E-state index in [-0.39, 0.29) is 5.97 Å².